The van der Waals surface area contributed by atoms with Crippen molar-refractivity contribution in [1.82, 2.24) is 10.4 Å². The molecule has 0 bridgehead atoms. The molecule has 1 heterocycles. The van der Waals surface area contributed by atoms with Gasteiger partial charge in [0.05, 0.1) is 12.2 Å². The van der Waals surface area contributed by atoms with Crippen molar-refractivity contribution >= 4 is 11.7 Å². The molecule has 0 aliphatic rings. The zero-order chi connectivity index (χ0) is 16.8. The molecule has 1 aromatic carbocycles. The number of carbonyl (C=O) groups is 2. The molecular weight excluding hydrogens is 301 g/mol. The first-order valence-corrected chi connectivity index (χ1v) is 7.02. The molecule has 0 radical (unpaired) electrons. The monoisotopic (exact) mass is 317 g/mol. The molecule has 23 heavy (non-hydrogen) atoms. The molecule has 0 aliphatic carbocycles. The number of nitrogens with one attached hydrogen (secondary N) is 1. The number of carbonyl (C=O) groups excluding carboxylic acids is 2. The maximum absolute atomic E-state index is 13.9. The lowest BCUT2D eigenvalue weighted by atomic mass is 9.99. The van der Waals surface area contributed by atoms with E-state index < -0.39 is 17.5 Å². The molecule has 0 saturated carbocycles. The molecule has 7 heteroatoms. The van der Waals surface area contributed by atoms with Crippen molar-refractivity contribution < 1.29 is 18.7 Å². The van der Waals surface area contributed by atoms with Gasteiger partial charge in [0.2, 0.25) is 5.88 Å². The minimum atomic E-state index is -0.733. The number of ether oxygens (including phenoxy) is 1. The minimum absolute atomic E-state index is 0.0167. The van der Waals surface area contributed by atoms with Gasteiger partial charge in [0, 0.05) is 11.8 Å². The SMILES string of the molecule is CCCOc1nccc(C(=O)c2ccccc2F)c1C(=O)NN. The number of aromatic nitrogens is 1. The standard InChI is InChI=1S/C16H16FN3O3/c1-2-9-23-16-13(15(22)20-18)11(7-8-19-16)14(21)10-5-3-4-6-12(10)17/h3-8H,2,9,18H2,1H3,(H,20,22). The summed E-state index contributed by atoms with van der Waals surface area (Å²) >= 11 is 0. The topological polar surface area (TPSA) is 94.3 Å². The van der Waals surface area contributed by atoms with Crippen molar-refractivity contribution in [3.8, 4) is 5.88 Å². The number of amides is 1. The van der Waals surface area contributed by atoms with Gasteiger partial charge in [-0.3, -0.25) is 15.0 Å². The molecular formula is C16H16FN3O3. The number of hydrogen-bond donors (Lipinski definition) is 2. The summed E-state index contributed by atoms with van der Waals surface area (Å²) in [6, 6.07) is 6.86. The van der Waals surface area contributed by atoms with E-state index in [-0.39, 0.29) is 22.6 Å². The van der Waals surface area contributed by atoms with Gasteiger partial charge in [0.1, 0.15) is 11.4 Å². The zero-order valence-corrected chi connectivity index (χ0v) is 12.5. The zero-order valence-electron chi connectivity index (χ0n) is 12.5. The number of halogens is 1. The Balaban J connectivity index is 2.55. The van der Waals surface area contributed by atoms with Crippen molar-refractivity contribution in [2.24, 2.45) is 5.84 Å². The molecule has 0 fully saturated rings. The molecule has 6 nitrogen and oxygen atoms in total. The second kappa shape index (κ2) is 7.46. The predicted octanol–water partition coefficient (Wildman–Crippen LogP) is 1.84. The third-order valence-corrected chi connectivity index (χ3v) is 3.08. The Morgan fingerprint density at radius 1 is 1.26 bits per heavy atom. The van der Waals surface area contributed by atoms with Crippen LogP contribution >= 0.6 is 0 Å². The predicted molar refractivity (Wildman–Crippen MR) is 81.5 cm³/mol. The fraction of sp³-hybridized carbons (Fsp3) is 0.188. The minimum Gasteiger partial charge on any atom is -0.477 e. The van der Waals surface area contributed by atoms with E-state index in [1.54, 1.807) is 0 Å². The molecule has 0 aliphatic heterocycles. The summed E-state index contributed by atoms with van der Waals surface area (Å²) < 4.78 is 19.2. The number of nitrogens with zero attached hydrogens (tertiary/aromatic N) is 1. The highest BCUT2D eigenvalue weighted by Crippen LogP contribution is 2.23. The Bertz CT molecular complexity index is 734. The summed E-state index contributed by atoms with van der Waals surface area (Å²) in [5, 5.41) is 0. The summed E-state index contributed by atoms with van der Waals surface area (Å²) in [6.45, 7) is 2.20. The van der Waals surface area contributed by atoms with Crippen molar-refractivity contribution in [3.05, 3.63) is 59.0 Å². The second-order valence-electron chi connectivity index (χ2n) is 4.67. The Kier molecular flexibility index (Phi) is 5.37. The lowest BCUT2D eigenvalue weighted by Gasteiger charge is -2.12. The van der Waals surface area contributed by atoms with E-state index in [4.69, 9.17) is 10.6 Å². The first-order chi connectivity index (χ1) is 11.1. The van der Waals surface area contributed by atoms with Gasteiger partial charge in [-0.25, -0.2) is 15.2 Å². The number of benzene rings is 1. The highest BCUT2D eigenvalue weighted by atomic mass is 19.1. The first-order valence-electron chi connectivity index (χ1n) is 7.02. The van der Waals surface area contributed by atoms with Crippen LogP contribution in [-0.2, 0) is 0 Å². The Labute approximate surface area is 132 Å². The molecule has 0 spiro atoms. The smallest absolute Gasteiger partial charge is 0.271 e. The van der Waals surface area contributed by atoms with Gasteiger partial charge in [0.15, 0.2) is 5.78 Å². The fourth-order valence-corrected chi connectivity index (χ4v) is 2.02. The molecule has 2 rings (SSSR count). The largest absolute Gasteiger partial charge is 0.477 e. The fourth-order valence-electron chi connectivity index (χ4n) is 2.02. The first kappa shape index (κ1) is 16.6. The van der Waals surface area contributed by atoms with Gasteiger partial charge >= 0.3 is 0 Å². The highest BCUT2D eigenvalue weighted by molar-refractivity contribution is 6.16. The van der Waals surface area contributed by atoms with E-state index in [1.165, 1.54) is 36.5 Å². The van der Waals surface area contributed by atoms with Crippen LogP contribution in [0.25, 0.3) is 0 Å². The van der Waals surface area contributed by atoms with E-state index in [0.29, 0.717) is 13.0 Å². The Hall–Kier alpha value is -2.80. The van der Waals surface area contributed by atoms with Gasteiger partial charge in [-0.05, 0) is 24.6 Å². The van der Waals surface area contributed by atoms with Gasteiger partial charge < -0.3 is 4.74 Å². The number of nitrogens with two attached hydrogens (primary N) is 1. The van der Waals surface area contributed by atoms with Gasteiger partial charge in [0.25, 0.3) is 5.91 Å². The van der Waals surface area contributed by atoms with Crippen LogP contribution in [-0.4, -0.2) is 23.3 Å². The number of ketones is 1. The van der Waals surface area contributed by atoms with Crippen LogP contribution in [0.15, 0.2) is 36.5 Å². The lowest BCUT2D eigenvalue weighted by molar-refractivity contribution is 0.0936. The van der Waals surface area contributed by atoms with Gasteiger partial charge in [-0.1, -0.05) is 19.1 Å². The Morgan fingerprint density at radius 3 is 2.65 bits per heavy atom. The van der Waals surface area contributed by atoms with Crippen molar-refractivity contribution in [2.45, 2.75) is 13.3 Å². The van der Waals surface area contributed by atoms with Crippen molar-refractivity contribution in [3.63, 3.8) is 0 Å². The molecule has 0 atom stereocenters. The van der Waals surface area contributed by atoms with E-state index in [0.717, 1.165) is 0 Å². The maximum atomic E-state index is 13.9. The quantitative estimate of drug-likeness (QED) is 0.367. The van der Waals surface area contributed by atoms with E-state index in [2.05, 4.69) is 4.98 Å². The summed E-state index contributed by atoms with van der Waals surface area (Å²) in [7, 11) is 0. The molecule has 0 unspecified atom stereocenters. The van der Waals surface area contributed by atoms with E-state index in [9.17, 15) is 14.0 Å². The summed E-state index contributed by atoms with van der Waals surface area (Å²) in [5.74, 6) is 3.10. The average Bonchev–Trinajstić information content (AvgIpc) is 2.58. The van der Waals surface area contributed by atoms with Crippen LogP contribution in [0.1, 0.15) is 39.6 Å². The van der Waals surface area contributed by atoms with Crippen LogP contribution in [0, 0.1) is 5.82 Å². The molecule has 2 aromatic rings. The van der Waals surface area contributed by atoms with Crippen LogP contribution in [0.2, 0.25) is 0 Å². The summed E-state index contributed by atoms with van der Waals surface area (Å²) in [4.78, 5) is 28.6. The molecule has 1 aromatic heterocycles. The van der Waals surface area contributed by atoms with Crippen molar-refractivity contribution in [1.29, 1.82) is 0 Å². The summed E-state index contributed by atoms with van der Waals surface area (Å²) in [5.41, 5.74) is 1.66. The van der Waals surface area contributed by atoms with Crippen LogP contribution in [0.5, 0.6) is 5.88 Å². The maximum Gasteiger partial charge on any atom is 0.271 e. The normalized spacial score (nSPS) is 10.2. The third-order valence-electron chi connectivity index (χ3n) is 3.08. The number of nitrogen functional groups attached to an aromatic ring is 1. The molecule has 3 N–H and O–H groups in total. The number of hydrazine groups is 1. The average molecular weight is 317 g/mol. The van der Waals surface area contributed by atoms with E-state index in [1.807, 2.05) is 12.3 Å². The van der Waals surface area contributed by atoms with Crippen LogP contribution in [0.4, 0.5) is 4.39 Å². The van der Waals surface area contributed by atoms with Crippen molar-refractivity contribution in [2.75, 3.05) is 6.61 Å². The van der Waals surface area contributed by atoms with Crippen LogP contribution in [0.3, 0.4) is 0 Å². The number of pyridine rings is 1. The van der Waals surface area contributed by atoms with E-state index >= 15 is 0 Å². The number of hydrogen-bond acceptors (Lipinski definition) is 5. The molecule has 0 saturated heterocycles. The Morgan fingerprint density at radius 2 is 2.00 bits per heavy atom. The van der Waals surface area contributed by atoms with Gasteiger partial charge in [-0.2, -0.15) is 0 Å². The molecule has 120 valence electrons. The van der Waals surface area contributed by atoms with Crippen LogP contribution < -0.4 is 16.0 Å². The lowest BCUT2D eigenvalue weighted by Crippen LogP contribution is -2.32. The summed E-state index contributed by atoms with van der Waals surface area (Å²) in [6.07, 6.45) is 2.02. The second-order valence-corrected chi connectivity index (χ2v) is 4.67. The molecule has 1 amide bonds. The highest BCUT2D eigenvalue weighted by Gasteiger charge is 2.25. The third kappa shape index (κ3) is 3.51. The number of rotatable bonds is 6. The van der Waals surface area contributed by atoms with Gasteiger partial charge in [-0.15, -0.1) is 0 Å².